The standard InChI is InChI=1S/C15H23ClN2O2S/c1-4-17-10-11-5-8-13(16)14(9-11)21(19,20)18-15(2,3)12-6-7-12/h5,8-9,12,17-18H,4,6-7,10H2,1-3H3. The van der Waals surface area contributed by atoms with Gasteiger partial charge in [-0.2, -0.15) is 0 Å². The minimum absolute atomic E-state index is 0.160. The second kappa shape index (κ2) is 6.24. The molecule has 1 fully saturated rings. The third-order valence-electron chi connectivity index (χ3n) is 3.86. The van der Waals surface area contributed by atoms with Crippen molar-refractivity contribution in [1.29, 1.82) is 0 Å². The molecule has 118 valence electrons. The fourth-order valence-electron chi connectivity index (χ4n) is 2.42. The topological polar surface area (TPSA) is 58.2 Å². The maximum absolute atomic E-state index is 12.6. The first-order chi connectivity index (χ1) is 9.76. The summed E-state index contributed by atoms with van der Waals surface area (Å²) in [5.74, 6) is 0.413. The zero-order valence-corrected chi connectivity index (χ0v) is 14.3. The average molecular weight is 331 g/mol. The van der Waals surface area contributed by atoms with Crippen molar-refractivity contribution in [2.24, 2.45) is 5.92 Å². The van der Waals surface area contributed by atoms with Crippen molar-refractivity contribution in [1.82, 2.24) is 10.0 Å². The van der Waals surface area contributed by atoms with Crippen molar-refractivity contribution >= 4 is 21.6 Å². The third-order valence-corrected chi connectivity index (χ3v) is 6.01. The summed E-state index contributed by atoms with van der Waals surface area (Å²) in [5, 5.41) is 3.44. The van der Waals surface area contributed by atoms with Crippen LogP contribution in [0.4, 0.5) is 0 Å². The fraction of sp³-hybridized carbons (Fsp3) is 0.600. The number of benzene rings is 1. The molecule has 0 unspecified atom stereocenters. The van der Waals surface area contributed by atoms with Crippen molar-refractivity contribution in [3.63, 3.8) is 0 Å². The molecule has 1 aromatic carbocycles. The lowest BCUT2D eigenvalue weighted by molar-refractivity contribution is 0.400. The van der Waals surface area contributed by atoms with Gasteiger partial charge in [-0.3, -0.25) is 0 Å². The van der Waals surface area contributed by atoms with Gasteiger partial charge in [0.05, 0.1) is 5.02 Å². The Kier molecular flexibility index (Phi) is 4.98. The Morgan fingerprint density at radius 1 is 1.33 bits per heavy atom. The van der Waals surface area contributed by atoms with Gasteiger partial charge in [0.1, 0.15) is 4.90 Å². The van der Waals surface area contributed by atoms with Crippen LogP contribution in [0.25, 0.3) is 0 Å². The van der Waals surface area contributed by atoms with E-state index in [2.05, 4.69) is 10.0 Å². The second-order valence-electron chi connectivity index (χ2n) is 6.15. The van der Waals surface area contributed by atoms with Crippen LogP contribution in [0, 0.1) is 5.92 Å². The van der Waals surface area contributed by atoms with E-state index in [4.69, 9.17) is 11.6 Å². The quantitative estimate of drug-likeness (QED) is 0.808. The van der Waals surface area contributed by atoms with Gasteiger partial charge in [0, 0.05) is 12.1 Å². The van der Waals surface area contributed by atoms with E-state index < -0.39 is 15.6 Å². The highest BCUT2D eigenvalue weighted by molar-refractivity contribution is 7.89. The lowest BCUT2D eigenvalue weighted by atomic mass is 10.0. The Morgan fingerprint density at radius 3 is 2.57 bits per heavy atom. The van der Waals surface area contributed by atoms with E-state index >= 15 is 0 Å². The molecule has 2 N–H and O–H groups in total. The third kappa shape index (κ3) is 4.19. The van der Waals surface area contributed by atoms with Crippen LogP contribution in [0.1, 0.15) is 39.2 Å². The highest BCUT2D eigenvalue weighted by atomic mass is 35.5. The molecule has 4 nitrogen and oxygen atoms in total. The molecule has 0 bridgehead atoms. The molecule has 0 aromatic heterocycles. The first kappa shape index (κ1) is 16.7. The number of sulfonamides is 1. The van der Waals surface area contributed by atoms with E-state index in [0.29, 0.717) is 12.5 Å². The van der Waals surface area contributed by atoms with Crippen LogP contribution in [0.3, 0.4) is 0 Å². The second-order valence-corrected chi connectivity index (χ2v) is 8.20. The average Bonchev–Trinajstić information content (AvgIpc) is 3.21. The molecule has 0 spiro atoms. The number of hydrogen-bond donors (Lipinski definition) is 2. The number of nitrogens with one attached hydrogen (secondary N) is 2. The Morgan fingerprint density at radius 2 is 2.00 bits per heavy atom. The summed E-state index contributed by atoms with van der Waals surface area (Å²) in [6, 6.07) is 5.14. The van der Waals surface area contributed by atoms with Crippen molar-refractivity contribution in [2.45, 2.75) is 50.6 Å². The molecule has 2 rings (SSSR count). The van der Waals surface area contributed by atoms with E-state index in [1.807, 2.05) is 26.8 Å². The summed E-state index contributed by atoms with van der Waals surface area (Å²) in [4.78, 5) is 0.160. The minimum atomic E-state index is -3.61. The molecule has 6 heteroatoms. The Labute approximate surface area is 132 Å². The van der Waals surface area contributed by atoms with Crippen LogP contribution in [0.2, 0.25) is 5.02 Å². The molecular formula is C15H23ClN2O2S. The Balaban J connectivity index is 2.26. The van der Waals surface area contributed by atoms with Gasteiger partial charge in [-0.15, -0.1) is 0 Å². The van der Waals surface area contributed by atoms with Crippen LogP contribution in [0.5, 0.6) is 0 Å². The molecular weight excluding hydrogens is 308 g/mol. The van der Waals surface area contributed by atoms with Crippen LogP contribution in [0.15, 0.2) is 23.1 Å². The highest BCUT2D eigenvalue weighted by Gasteiger charge is 2.41. The van der Waals surface area contributed by atoms with Crippen LogP contribution >= 0.6 is 11.6 Å². The Hall–Kier alpha value is -0.620. The molecule has 1 aromatic rings. The van der Waals surface area contributed by atoms with Gasteiger partial charge in [-0.1, -0.05) is 24.6 Å². The van der Waals surface area contributed by atoms with Gasteiger partial charge in [0.15, 0.2) is 0 Å². The molecule has 0 atom stereocenters. The summed E-state index contributed by atoms with van der Waals surface area (Å²) in [5.41, 5.74) is 0.477. The summed E-state index contributed by atoms with van der Waals surface area (Å²) >= 11 is 6.10. The lowest BCUT2D eigenvalue weighted by Crippen LogP contribution is -2.45. The SMILES string of the molecule is CCNCc1ccc(Cl)c(S(=O)(=O)NC(C)(C)C2CC2)c1. The predicted molar refractivity (Wildman–Crippen MR) is 86.0 cm³/mol. The van der Waals surface area contributed by atoms with Gasteiger partial charge in [0.2, 0.25) is 10.0 Å². The van der Waals surface area contributed by atoms with E-state index in [1.54, 1.807) is 12.1 Å². The molecule has 1 aliphatic rings. The van der Waals surface area contributed by atoms with Crippen LogP contribution < -0.4 is 10.0 Å². The van der Waals surface area contributed by atoms with Gasteiger partial charge in [0.25, 0.3) is 0 Å². The van der Waals surface area contributed by atoms with E-state index in [0.717, 1.165) is 24.9 Å². The number of hydrogen-bond acceptors (Lipinski definition) is 3. The summed E-state index contributed by atoms with van der Waals surface area (Å²) in [6.45, 7) is 7.32. The Bertz CT molecular complexity index is 610. The molecule has 0 heterocycles. The monoisotopic (exact) mass is 330 g/mol. The molecule has 0 radical (unpaired) electrons. The van der Waals surface area contributed by atoms with Crippen molar-refractivity contribution < 1.29 is 8.42 Å². The van der Waals surface area contributed by atoms with E-state index in [-0.39, 0.29) is 9.92 Å². The molecule has 21 heavy (non-hydrogen) atoms. The first-order valence-electron chi connectivity index (χ1n) is 7.29. The molecule has 0 amide bonds. The lowest BCUT2D eigenvalue weighted by Gasteiger charge is -2.26. The van der Waals surface area contributed by atoms with E-state index in [1.165, 1.54) is 0 Å². The van der Waals surface area contributed by atoms with Crippen molar-refractivity contribution in [3.8, 4) is 0 Å². The van der Waals surface area contributed by atoms with Crippen molar-refractivity contribution in [3.05, 3.63) is 28.8 Å². The molecule has 0 saturated heterocycles. The normalized spacial score (nSPS) is 16.2. The maximum Gasteiger partial charge on any atom is 0.242 e. The van der Waals surface area contributed by atoms with Crippen LogP contribution in [-0.4, -0.2) is 20.5 Å². The molecule has 1 saturated carbocycles. The molecule has 1 aliphatic carbocycles. The van der Waals surface area contributed by atoms with Gasteiger partial charge >= 0.3 is 0 Å². The zero-order chi connectivity index (χ0) is 15.7. The summed E-state index contributed by atoms with van der Waals surface area (Å²) in [7, 11) is -3.61. The maximum atomic E-state index is 12.6. The zero-order valence-electron chi connectivity index (χ0n) is 12.7. The van der Waals surface area contributed by atoms with Gasteiger partial charge < -0.3 is 5.32 Å². The van der Waals surface area contributed by atoms with Gasteiger partial charge in [-0.05, 0) is 56.8 Å². The molecule has 0 aliphatic heterocycles. The summed E-state index contributed by atoms with van der Waals surface area (Å²) < 4.78 is 28.0. The van der Waals surface area contributed by atoms with Crippen molar-refractivity contribution in [2.75, 3.05) is 6.54 Å². The predicted octanol–water partition coefficient (Wildman–Crippen LogP) is 2.92. The van der Waals surface area contributed by atoms with Crippen LogP contribution in [-0.2, 0) is 16.6 Å². The number of halogens is 1. The fourth-order valence-corrected chi connectivity index (χ4v) is 4.45. The van der Waals surface area contributed by atoms with E-state index in [9.17, 15) is 8.42 Å². The smallest absolute Gasteiger partial charge is 0.242 e. The highest BCUT2D eigenvalue weighted by Crippen LogP contribution is 2.40. The summed E-state index contributed by atoms with van der Waals surface area (Å²) in [6.07, 6.45) is 2.15. The number of rotatable bonds is 7. The van der Waals surface area contributed by atoms with Gasteiger partial charge in [-0.25, -0.2) is 13.1 Å². The first-order valence-corrected chi connectivity index (χ1v) is 9.15. The largest absolute Gasteiger partial charge is 0.313 e. The minimum Gasteiger partial charge on any atom is -0.313 e.